The number of esters is 2. The molecule has 8 heteroatoms. The van der Waals surface area contributed by atoms with Crippen molar-refractivity contribution >= 4 is 33.7 Å². The highest BCUT2D eigenvalue weighted by Crippen LogP contribution is 2.26. The normalized spacial score (nSPS) is 11.2. The van der Waals surface area contributed by atoms with Crippen molar-refractivity contribution in [3.63, 3.8) is 0 Å². The summed E-state index contributed by atoms with van der Waals surface area (Å²) in [5, 5.41) is 2.00. The van der Waals surface area contributed by atoms with Crippen molar-refractivity contribution in [2.24, 2.45) is 0 Å². The molecule has 0 radical (unpaired) electrons. The molecule has 3 aromatic carbocycles. The third-order valence-electron chi connectivity index (χ3n) is 6.13. The number of aromatic nitrogens is 2. The molecule has 182 valence electrons. The quantitative estimate of drug-likeness (QED) is 0.199. The molecule has 0 aliphatic heterocycles. The van der Waals surface area contributed by atoms with Crippen LogP contribution in [-0.2, 0) is 12.8 Å². The summed E-state index contributed by atoms with van der Waals surface area (Å²) >= 11 is 0. The van der Waals surface area contributed by atoms with Gasteiger partial charge in [-0.2, -0.15) is 0 Å². The first-order chi connectivity index (χ1) is 17.6. The van der Waals surface area contributed by atoms with Crippen LogP contribution in [-0.4, -0.2) is 35.0 Å². The van der Waals surface area contributed by atoms with Gasteiger partial charge in [-0.25, -0.2) is 9.59 Å². The summed E-state index contributed by atoms with van der Waals surface area (Å²) in [6.07, 6.45) is 5.56. The highest BCUT2D eigenvalue weighted by Gasteiger charge is 2.16. The van der Waals surface area contributed by atoms with Crippen LogP contribution in [0.2, 0.25) is 0 Å². The van der Waals surface area contributed by atoms with Crippen molar-refractivity contribution in [1.29, 1.82) is 0 Å². The molecule has 0 fully saturated rings. The molecule has 0 bridgehead atoms. The number of aromatic amines is 2. The molecule has 0 amide bonds. The summed E-state index contributed by atoms with van der Waals surface area (Å²) in [5.41, 5.74) is 12.5. The fourth-order valence-corrected chi connectivity index (χ4v) is 4.34. The van der Waals surface area contributed by atoms with Gasteiger partial charge in [0.2, 0.25) is 0 Å². The fourth-order valence-electron chi connectivity index (χ4n) is 4.34. The molecule has 2 heterocycles. The van der Waals surface area contributed by atoms with E-state index in [2.05, 4.69) is 21.4 Å². The van der Waals surface area contributed by atoms with Gasteiger partial charge in [-0.05, 0) is 65.7 Å². The first-order valence-electron chi connectivity index (χ1n) is 11.9. The van der Waals surface area contributed by atoms with Crippen LogP contribution in [0.5, 0.6) is 11.5 Å². The zero-order chi connectivity index (χ0) is 25.1. The number of hydrogen-bond acceptors (Lipinski definition) is 4. The zero-order valence-electron chi connectivity index (χ0n) is 19.8. The Hall–Kier alpha value is -4.40. The van der Waals surface area contributed by atoms with E-state index >= 15 is 0 Å². The summed E-state index contributed by atoms with van der Waals surface area (Å²) in [6.45, 7) is 1.55. The van der Waals surface area contributed by atoms with Gasteiger partial charge in [-0.1, -0.05) is 6.07 Å². The molecule has 2 aromatic heterocycles. The number of ether oxygens (including phenoxy) is 2. The predicted molar refractivity (Wildman–Crippen MR) is 136 cm³/mol. The Morgan fingerprint density at radius 2 is 1.14 bits per heavy atom. The van der Waals surface area contributed by atoms with Gasteiger partial charge in [0, 0.05) is 47.0 Å². The van der Waals surface area contributed by atoms with Crippen LogP contribution in [0, 0.1) is 0 Å². The zero-order valence-corrected chi connectivity index (χ0v) is 19.8. The van der Waals surface area contributed by atoms with Crippen LogP contribution in [0.4, 0.5) is 0 Å². The lowest BCUT2D eigenvalue weighted by atomic mass is 10.1. The van der Waals surface area contributed by atoms with E-state index in [0.717, 1.165) is 58.9 Å². The predicted octanol–water partition coefficient (Wildman–Crippen LogP) is 2.66. The fraction of sp³-hybridized carbons (Fsp3) is 0.143. The molecule has 0 saturated heterocycles. The standard InChI is InChI=1S/C28H26N4O4/c29-10-8-19-15-31-25-6-4-21(13-23(19)25)35-27(33)17-2-1-3-18(12-17)28(34)36-22-5-7-26-24(14-22)20(9-11-30)16-32-26/h1-7,12-16,31-32H,8-11,29-30H2/p+2. The van der Waals surface area contributed by atoms with E-state index in [1.54, 1.807) is 30.3 Å². The maximum absolute atomic E-state index is 12.8. The van der Waals surface area contributed by atoms with E-state index in [4.69, 9.17) is 9.47 Å². The van der Waals surface area contributed by atoms with Gasteiger partial charge in [0.25, 0.3) is 0 Å². The van der Waals surface area contributed by atoms with Crippen LogP contribution < -0.4 is 20.9 Å². The number of H-pyrrole nitrogens is 2. The van der Waals surface area contributed by atoms with E-state index in [1.165, 1.54) is 6.07 Å². The number of hydrogen-bond donors (Lipinski definition) is 4. The Morgan fingerprint density at radius 1 is 0.667 bits per heavy atom. The van der Waals surface area contributed by atoms with E-state index in [9.17, 15) is 9.59 Å². The van der Waals surface area contributed by atoms with E-state index in [0.29, 0.717) is 11.5 Å². The Labute approximate surface area is 207 Å². The summed E-state index contributed by atoms with van der Waals surface area (Å²) in [7, 11) is 0. The minimum Gasteiger partial charge on any atom is -0.423 e. The Morgan fingerprint density at radius 3 is 1.58 bits per heavy atom. The van der Waals surface area contributed by atoms with Crippen LogP contribution >= 0.6 is 0 Å². The minimum absolute atomic E-state index is 0.260. The van der Waals surface area contributed by atoms with E-state index < -0.39 is 11.9 Å². The molecular formula is C28H28N4O4+2. The summed E-state index contributed by atoms with van der Waals surface area (Å²) in [5.74, 6) is -0.235. The average Bonchev–Trinajstić information content (AvgIpc) is 3.48. The highest BCUT2D eigenvalue weighted by molar-refractivity contribution is 5.97. The molecule has 0 atom stereocenters. The lowest BCUT2D eigenvalue weighted by molar-refractivity contribution is -0.367. The lowest BCUT2D eigenvalue weighted by Gasteiger charge is -2.08. The molecule has 8 nitrogen and oxygen atoms in total. The molecule has 0 unspecified atom stereocenters. The van der Waals surface area contributed by atoms with Gasteiger partial charge in [0.1, 0.15) is 11.5 Å². The second-order valence-electron chi connectivity index (χ2n) is 8.61. The van der Waals surface area contributed by atoms with Gasteiger partial charge in [-0.15, -0.1) is 0 Å². The topological polar surface area (TPSA) is 139 Å². The summed E-state index contributed by atoms with van der Waals surface area (Å²) in [4.78, 5) is 32.1. The Kier molecular flexibility index (Phi) is 6.53. The number of quaternary nitrogens is 2. The SMILES string of the molecule is [NH3+]CCc1c[nH]c2ccc(OC(=O)c3cccc(C(=O)Oc4ccc5[nH]cc(CC[NH3+])c5c4)c3)cc12. The van der Waals surface area contributed by atoms with E-state index in [-0.39, 0.29) is 11.1 Å². The number of fused-ring (bicyclic) bond motifs is 2. The smallest absolute Gasteiger partial charge is 0.343 e. The van der Waals surface area contributed by atoms with Crippen molar-refractivity contribution in [3.8, 4) is 11.5 Å². The van der Waals surface area contributed by atoms with Crippen molar-refractivity contribution in [2.45, 2.75) is 12.8 Å². The van der Waals surface area contributed by atoms with Crippen molar-refractivity contribution in [2.75, 3.05) is 13.1 Å². The largest absolute Gasteiger partial charge is 0.423 e. The third-order valence-corrected chi connectivity index (χ3v) is 6.13. The second kappa shape index (κ2) is 10.1. The molecule has 0 aliphatic rings. The molecule has 8 N–H and O–H groups in total. The number of nitrogens with one attached hydrogen (secondary N) is 2. The van der Waals surface area contributed by atoms with Crippen LogP contribution in [0.15, 0.2) is 73.1 Å². The first-order valence-corrected chi connectivity index (χ1v) is 11.9. The van der Waals surface area contributed by atoms with Gasteiger partial charge in [0.15, 0.2) is 0 Å². The lowest BCUT2D eigenvalue weighted by Crippen LogP contribution is -2.51. The van der Waals surface area contributed by atoms with Crippen molar-refractivity contribution in [3.05, 3.63) is 95.3 Å². The van der Waals surface area contributed by atoms with Crippen LogP contribution in [0.25, 0.3) is 21.8 Å². The number of carbonyl (C=O) groups is 2. The summed E-state index contributed by atoms with van der Waals surface area (Å²) < 4.78 is 11.2. The maximum atomic E-state index is 12.8. The average molecular weight is 485 g/mol. The van der Waals surface area contributed by atoms with Crippen molar-refractivity contribution < 1.29 is 30.5 Å². The molecule has 0 saturated carbocycles. The molecule has 5 rings (SSSR count). The second-order valence-corrected chi connectivity index (χ2v) is 8.61. The Bertz CT molecular complexity index is 1450. The highest BCUT2D eigenvalue weighted by atomic mass is 16.5. The first kappa shape index (κ1) is 23.3. The molecule has 0 aliphatic carbocycles. The van der Waals surface area contributed by atoms with Crippen molar-refractivity contribution in [1.82, 2.24) is 9.97 Å². The monoisotopic (exact) mass is 484 g/mol. The number of rotatable bonds is 8. The molecular weight excluding hydrogens is 456 g/mol. The Balaban J connectivity index is 1.32. The van der Waals surface area contributed by atoms with Crippen LogP contribution in [0.1, 0.15) is 31.8 Å². The molecule has 36 heavy (non-hydrogen) atoms. The maximum Gasteiger partial charge on any atom is 0.343 e. The van der Waals surface area contributed by atoms with Gasteiger partial charge in [-0.3, -0.25) is 0 Å². The summed E-state index contributed by atoms with van der Waals surface area (Å²) in [6, 6.07) is 17.3. The van der Waals surface area contributed by atoms with Gasteiger partial charge < -0.3 is 30.9 Å². The van der Waals surface area contributed by atoms with Crippen LogP contribution in [0.3, 0.4) is 0 Å². The minimum atomic E-state index is -0.551. The molecule has 5 aromatic rings. The van der Waals surface area contributed by atoms with E-state index in [1.807, 2.05) is 36.7 Å². The van der Waals surface area contributed by atoms with Gasteiger partial charge >= 0.3 is 11.9 Å². The number of carbonyl (C=O) groups excluding carboxylic acids is 2. The number of benzene rings is 3. The third kappa shape index (κ3) is 4.72. The molecule has 0 spiro atoms. The van der Waals surface area contributed by atoms with Gasteiger partial charge in [0.05, 0.1) is 24.2 Å².